The summed E-state index contributed by atoms with van der Waals surface area (Å²) in [6.45, 7) is 3.84. The molecule has 1 aromatic carbocycles. The second-order valence-corrected chi connectivity index (χ2v) is 4.13. The van der Waals surface area contributed by atoms with Gasteiger partial charge in [-0.05, 0) is 25.5 Å². The summed E-state index contributed by atoms with van der Waals surface area (Å²) in [5.41, 5.74) is 8.44. The Morgan fingerprint density at radius 1 is 1.12 bits per heavy atom. The Morgan fingerprint density at radius 3 is 2.50 bits per heavy atom. The lowest BCUT2D eigenvalue weighted by molar-refractivity contribution is 1.12. The summed E-state index contributed by atoms with van der Waals surface area (Å²) in [7, 11) is 0. The van der Waals surface area contributed by atoms with Gasteiger partial charge in [0.25, 0.3) is 0 Å². The van der Waals surface area contributed by atoms with E-state index in [-0.39, 0.29) is 0 Å². The standard InChI is InChI=1S/C12H12ClN3/c1-7-3-4-9(6-10(7)13)12-15-8(2)5-11(14)16-12/h3-6H,1-2H3,(H2,14,15,16). The number of hydrogen-bond acceptors (Lipinski definition) is 3. The normalized spacial score (nSPS) is 10.4. The van der Waals surface area contributed by atoms with Crippen LogP contribution in [0, 0.1) is 13.8 Å². The third-order valence-electron chi connectivity index (χ3n) is 2.30. The van der Waals surface area contributed by atoms with Crippen LogP contribution in [0.2, 0.25) is 5.02 Å². The van der Waals surface area contributed by atoms with Gasteiger partial charge in [-0.3, -0.25) is 0 Å². The highest BCUT2D eigenvalue weighted by Crippen LogP contribution is 2.23. The summed E-state index contributed by atoms with van der Waals surface area (Å²) in [4.78, 5) is 8.51. The van der Waals surface area contributed by atoms with Crippen LogP contribution in [0.1, 0.15) is 11.3 Å². The molecular formula is C12H12ClN3. The molecule has 1 aromatic heterocycles. The molecule has 0 saturated heterocycles. The predicted molar refractivity (Wildman–Crippen MR) is 66.4 cm³/mol. The van der Waals surface area contributed by atoms with Crippen LogP contribution in [0.25, 0.3) is 11.4 Å². The molecule has 0 atom stereocenters. The maximum atomic E-state index is 6.06. The molecule has 2 rings (SSSR count). The molecule has 3 nitrogen and oxygen atoms in total. The number of benzene rings is 1. The lowest BCUT2D eigenvalue weighted by Crippen LogP contribution is -1.97. The van der Waals surface area contributed by atoms with Gasteiger partial charge in [0, 0.05) is 22.3 Å². The van der Waals surface area contributed by atoms with Crippen LogP contribution in [-0.4, -0.2) is 9.97 Å². The number of rotatable bonds is 1. The van der Waals surface area contributed by atoms with Crippen LogP contribution in [0.15, 0.2) is 24.3 Å². The van der Waals surface area contributed by atoms with Gasteiger partial charge in [-0.25, -0.2) is 9.97 Å². The van der Waals surface area contributed by atoms with Crippen LogP contribution >= 0.6 is 11.6 Å². The molecule has 1 heterocycles. The smallest absolute Gasteiger partial charge is 0.161 e. The maximum absolute atomic E-state index is 6.06. The lowest BCUT2D eigenvalue weighted by Gasteiger charge is -2.04. The first-order valence-corrected chi connectivity index (χ1v) is 5.32. The fraction of sp³-hybridized carbons (Fsp3) is 0.167. The molecule has 4 heteroatoms. The average molecular weight is 234 g/mol. The van der Waals surface area contributed by atoms with Crippen LogP contribution in [0.3, 0.4) is 0 Å². The minimum atomic E-state index is 0.471. The number of aromatic nitrogens is 2. The monoisotopic (exact) mass is 233 g/mol. The van der Waals surface area contributed by atoms with E-state index in [0.717, 1.165) is 16.8 Å². The van der Waals surface area contributed by atoms with Crippen molar-refractivity contribution in [1.29, 1.82) is 0 Å². The second kappa shape index (κ2) is 4.10. The van der Waals surface area contributed by atoms with Gasteiger partial charge >= 0.3 is 0 Å². The van der Waals surface area contributed by atoms with E-state index in [1.807, 2.05) is 32.0 Å². The van der Waals surface area contributed by atoms with E-state index in [0.29, 0.717) is 16.7 Å². The Balaban J connectivity index is 2.54. The fourth-order valence-corrected chi connectivity index (χ4v) is 1.63. The lowest BCUT2D eigenvalue weighted by atomic mass is 10.1. The van der Waals surface area contributed by atoms with Crippen molar-refractivity contribution < 1.29 is 0 Å². The zero-order valence-electron chi connectivity index (χ0n) is 9.16. The molecule has 0 bridgehead atoms. The number of hydrogen-bond donors (Lipinski definition) is 1. The molecule has 82 valence electrons. The van der Waals surface area contributed by atoms with Crippen molar-refractivity contribution in [2.24, 2.45) is 0 Å². The summed E-state index contributed by atoms with van der Waals surface area (Å²) in [6, 6.07) is 7.47. The Bertz CT molecular complexity index is 518. The van der Waals surface area contributed by atoms with Crippen molar-refractivity contribution >= 4 is 17.4 Å². The predicted octanol–water partition coefficient (Wildman–Crippen LogP) is 3.00. The van der Waals surface area contributed by atoms with Gasteiger partial charge < -0.3 is 5.73 Å². The van der Waals surface area contributed by atoms with E-state index in [9.17, 15) is 0 Å². The van der Waals surface area contributed by atoms with Crippen molar-refractivity contribution in [2.45, 2.75) is 13.8 Å². The third kappa shape index (κ3) is 2.14. The molecule has 0 unspecified atom stereocenters. The molecule has 0 amide bonds. The summed E-state index contributed by atoms with van der Waals surface area (Å²) in [6.07, 6.45) is 0. The Labute approximate surface area is 99.3 Å². The highest BCUT2D eigenvalue weighted by atomic mass is 35.5. The van der Waals surface area contributed by atoms with Crippen molar-refractivity contribution in [3.05, 3.63) is 40.5 Å². The molecule has 16 heavy (non-hydrogen) atoms. The van der Waals surface area contributed by atoms with E-state index in [2.05, 4.69) is 9.97 Å². The number of aryl methyl sites for hydroxylation is 2. The highest BCUT2D eigenvalue weighted by Gasteiger charge is 2.05. The van der Waals surface area contributed by atoms with E-state index >= 15 is 0 Å². The van der Waals surface area contributed by atoms with Crippen LogP contribution in [-0.2, 0) is 0 Å². The van der Waals surface area contributed by atoms with Gasteiger partial charge in [-0.15, -0.1) is 0 Å². The van der Waals surface area contributed by atoms with Gasteiger partial charge in [-0.1, -0.05) is 23.7 Å². The average Bonchev–Trinajstić information content (AvgIpc) is 2.20. The molecular weight excluding hydrogens is 222 g/mol. The summed E-state index contributed by atoms with van der Waals surface area (Å²) < 4.78 is 0. The van der Waals surface area contributed by atoms with Gasteiger partial charge in [0.15, 0.2) is 5.82 Å². The maximum Gasteiger partial charge on any atom is 0.161 e. The molecule has 0 fully saturated rings. The first-order chi connectivity index (χ1) is 7.56. The number of nitrogens with zero attached hydrogens (tertiary/aromatic N) is 2. The van der Waals surface area contributed by atoms with Crippen molar-refractivity contribution in [3.63, 3.8) is 0 Å². The molecule has 0 aliphatic heterocycles. The number of anilines is 1. The molecule has 2 N–H and O–H groups in total. The van der Waals surface area contributed by atoms with E-state index in [1.165, 1.54) is 0 Å². The SMILES string of the molecule is Cc1cc(N)nc(-c2ccc(C)c(Cl)c2)n1. The minimum absolute atomic E-state index is 0.471. The Hall–Kier alpha value is -1.61. The van der Waals surface area contributed by atoms with E-state index < -0.39 is 0 Å². The number of halogens is 1. The molecule has 2 aromatic rings. The summed E-state index contributed by atoms with van der Waals surface area (Å²) in [5.74, 6) is 1.08. The quantitative estimate of drug-likeness (QED) is 0.824. The second-order valence-electron chi connectivity index (χ2n) is 3.72. The number of nitrogen functional groups attached to an aromatic ring is 1. The first-order valence-electron chi connectivity index (χ1n) is 4.94. The van der Waals surface area contributed by atoms with Crippen molar-refractivity contribution in [2.75, 3.05) is 5.73 Å². The summed E-state index contributed by atoms with van der Waals surface area (Å²) >= 11 is 6.06. The molecule has 0 aliphatic rings. The molecule has 0 aliphatic carbocycles. The van der Waals surface area contributed by atoms with E-state index in [4.69, 9.17) is 17.3 Å². The van der Waals surface area contributed by atoms with Crippen molar-refractivity contribution in [1.82, 2.24) is 9.97 Å². The summed E-state index contributed by atoms with van der Waals surface area (Å²) in [5, 5.41) is 0.709. The fourth-order valence-electron chi connectivity index (χ4n) is 1.45. The first kappa shape index (κ1) is 10.9. The van der Waals surface area contributed by atoms with Crippen LogP contribution in [0.4, 0.5) is 5.82 Å². The molecule has 0 spiro atoms. The third-order valence-corrected chi connectivity index (χ3v) is 2.71. The minimum Gasteiger partial charge on any atom is -0.384 e. The van der Waals surface area contributed by atoms with Crippen LogP contribution < -0.4 is 5.73 Å². The van der Waals surface area contributed by atoms with Gasteiger partial charge in [0.05, 0.1) is 0 Å². The van der Waals surface area contributed by atoms with Crippen LogP contribution in [0.5, 0.6) is 0 Å². The largest absolute Gasteiger partial charge is 0.384 e. The topological polar surface area (TPSA) is 51.8 Å². The van der Waals surface area contributed by atoms with Crippen molar-refractivity contribution in [3.8, 4) is 11.4 Å². The zero-order valence-corrected chi connectivity index (χ0v) is 9.92. The molecule has 0 radical (unpaired) electrons. The Kier molecular flexibility index (Phi) is 2.79. The molecule has 0 saturated carbocycles. The number of nitrogens with two attached hydrogens (primary N) is 1. The highest BCUT2D eigenvalue weighted by molar-refractivity contribution is 6.31. The van der Waals surface area contributed by atoms with Gasteiger partial charge in [0.2, 0.25) is 0 Å². The van der Waals surface area contributed by atoms with Gasteiger partial charge in [0.1, 0.15) is 5.82 Å². The zero-order chi connectivity index (χ0) is 11.7. The van der Waals surface area contributed by atoms with Gasteiger partial charge in [-0.2, -0.15) is 0 Å². The van der Waals surface area contributed by atoms with E-state index in [1.54, 1.807) is 6.07 Å². The Morgan fingerprint density at radius 2 is 1.88 bits per heavy atom.